The Labute approximate surface area is 120 Å². The fourth-order valence-electron chi connectivity index (χ4n) is 2.24. The second-order valence-corrected chi connectivity index (χ2v) is 4.82. The molecule has 0 radical (unpaired) electrons. The smallest absolute Gasteiger partial charge is 0.336 e. The molecule has 1 aliphatic heterocycles. The molecule has 3 rings (SSSR count). The van der Waals surface area contributed by atoms with Gasteiger partial charge in [0.25, 0.3) is 0 Å². The van der Waals surface area contributed by atoms with Gasteiger partial charge in [-0.15, -0.1) is 0 Å². The van der Waals surface area contributed by atoms with Gasteiger partial charge in [-0.2, -0.15) is 0 Å². The summed E-state index contributed by atoms with van der Waals surface area (Å²) < 4.78 is 20.9. The number of carbonyl (C=O) groups is 1. The van der Waals surface area contributed by atoms with Crippen LogP contribution in [0, 0.1) is 0 Å². The Morgan fingerprint density at radius 2 is 2.14 bits per heavy atom. The van der Waals surface area contributed by atoms with Crippen LogP contribution in [0.4, 0.5) is 0 Å². The van der Waals surface area contributed by atoms with Gasteiger partial charge in [-0.25, -0.2) is 4.79 Å². The van der Waals surface area contributed by atoms with E-state index in [1.54, 1.807) is 18.2 Å². The van der Waals surface area contributed by atoms with Crippen LogP contribution in [0.15, 0.2) is 33.5 Å². The van der Waals surface area contributed by atoms with Crippen LogP contribution < -0.4 is 10.4 Å². The molecule has 0 spiro atoms. The number of Topliss-reactive ketones (excluding diaryl/α,β-unsaturated/α-hetero) is 1. The van der Waals surface area contributed by atoms with E-state index >= 15 is 0 Å². The number of hydrogen-bond donors (Lipinski definition) is 0. The van der Waals surface area contributed by atoms with Gasteiger partial charge in [0.05, 0.1) is 0 Å². The van der Waals surface area contributed by atoms with E-state index in [0.29, 0.717) is 11.3 Å². The minimum Gasteiger partial charge on any atom is -0.467 e. The van der Waals surface area contributed by atoms with Crippen molar-refractivity contribution in [1.29, 1.82) is 0 Å². The van der Waals surface area contributed by atoms with Crippen molar-refractivity contribution in [3.63, 3.8) is 0 Å². The molecule has 1 aliphatic rings. The number of benzene rings is 1. The highest BCUT2D eigenvalue weighted by atomic mass is 16.7. The van der Waals surface area contributed by atoms with Gasteiger partial charge in [-0.05, 0) is 19.1 Å². The molecule has 0 amide bonds. The average Bonchev–Trinajstić information content (AvgIpc) is 3.24. The van der Waals surface area contributed by atoms with Crippen molar-refractivity contribution < 1.29 is 23.4 Å². The number of fused-ring (bicyclic) bond motifs is 1. The lowest BCUT2D eigenvalue weighted by Crippen LogP contribution is -2.05. The summed E-state index contributed by atoms with van der Waals surface area (Å²) >= 11 is 0. The topological polar surface area (TPSA) is 78.3 Å². The Bertz CT molecular complexity index is 747. The van der Waals surface area contributed by atoms with E-state index in [1.807, 2.05) is 0 Å². The number of epoxide rings is 1. The van der Waals surface area contributed by atoms with E-state index in [-0.39, 0.29) is 18.7 Å². The van der Waals surface area contributed by atoms with Crippen LogP contribution in [0.5, 0.6) is 5.75 Å². The molecule has 0 N–H and O–H groups in total. The second-order valence-electron chi connectivity index (χ2n) is 4.82. The number of rotatable bonds is 5. The quantitative estimate of drug-likeness (QED) is 0.474. The lowest BCUT2D eigenvalue weighted by atomic mass is 10.0. The summed E-state index contributed by atoms with van der Waals surface area (Å²) in [4.78, 5) is 22.7. The Hall–Kier alpha value is -2.18. The number of methoxy groups -OCH3 is 1. The zero-order chi connectivity index (χ0) is 15.0. The highest BCUT2D eigenvalue weighted by Crippen LogP contribution is 2.44. The third-order valence-corrected chi connectivity index (χ3v) is 3.28. The van der Waals surface area contributed by atoms with E-state index < -0.39 is 11.7 Å². The molecule has 21 heavy (non-hydrogen) atoms. The second kappa shape index (κ2) is 5.31. The molecular weight excluding hydrogens is 276 g/mol. The molecule has 2 heterocycles. The normalized spacial score (nSPS) is 20.5. The molecule has 1 aromatic heterocycles. The molecule has 6 nitrogen and oxygen atoms in total. The predicted molar refractivity (Wildman–Crippen MR) is 73.3 cm³/mol. The minimum atomic E-state index is -0.442. The molecule has 6 heteroatoms. The summed E-state index contributed by atoms with van der Waals surface area (Å²) in [6.45, 7) is 1.54. The van der Waals surface area contributed by atoms with Gasteiger partial charge in [-0.3, -0.25) is 4.79 Å². The standard InChI is InChI=1S/C15H14O6/c1-8(16)14-15(21-14)10-5-9-3-4-13(17)20-11(9)6-12(10)19-7-18-2/h3-6,14-15H,7H2,1-2H3/t14-,15+/m0/s1. The van der Waals surface area contributed by atoms with Crippen LogP contribution in [-0.4, -0.2) is 25.8 Å². The van der Waals surface area contributed by atoms with Crippen molar-refractivity contribution in [2.24, 2.45) is 0 Å². The molecule has 0 unspecified atom stereocenters. The largest absolute Gasteiger partial charge is 0.467 e. The van der Waals surface area contributed by atoms with Gasteiger partial charge in [0.2, 0.25) is 0 Å². The zero-order valence-corrected chi connectivity index (χ0v) is 11.6. The monoisotopic (exact) mass is 290 g/mol. The van der Waals surface area contributed by atoms with E-state index in [9.17, 15) is 9.59 Å². The minimum absolute atomic E-state index is 0.0302. The Kier molecular flexibility index (Phi) is 3.48. The molecule has 0 bridgehead atoms. The Balaban J connectivity index is 2.05. The SMILES string of the molecule is COCOc1cc2oc(=O)ccc2cc1[C@H]1O[C@H]1C(C)=O. The van der Waals surface area contributed by atoms with Gasteiger partial charge in [0, 0.05) is 30.2 Å². The van der Waals surface area contributed by atoms with Crippen LogP contribution in [0.1, 0.15) is 18.6 Å². The number of ketones is 1. The summed E-state index contributed by atoms with van der Waals surface area (Å²) in [6, 6.07) is 6.43. The maximum atomic E-state index is 11.4. The summed E-state index contributed by atoms with van der Waals surface area (Å²) in [7, 11) is 1.51. The van der Waals surface area contributed by atoms with Crippen molar-refractivity contribution in [2.75, 3.05) is 13.9 Å². The van der Waals surface area contributed by atoms with Crippen molar-refractivity contribution >= 4 is 16.8 Å². The number of carbonyl (C=O) groups excluding carboxylic acids is 1. The first-order valence-electron chi connectivity index (χ1n) is 6.45. The van der Waals surface area contributed by atoms with Gasteiger partial charge in [0.15, 0.2) is 12.6 Å². The fourth-order valence-corrected chi connectivity index (χ4v) is 2.24. The van der Waals surface area contributed by atoms with Crippen molar-refractivity contribution in [1.82, 2.24) is 0 Å². The van der Waals surface area contributed by atoms with Crippen LogP contribution in [0.2, 0.25) is 0 Å². The molecule has 110 valence electrons. The van der Waals surface area contributed by atoms with Crippen LogP contribution in [0.3, 0.4) is 0 Å². The molecule has 2 aromatic rings. The average molecular weight is 290 g/mol. The number of ether oxygens (including phenoxy) is 3. The Morgan fingerprint density at radius 3 is 2.81 bits per heavy atom. The van der Waals surface area contributed by atoms with Crippen molar-refractivity contribution in [3.8, 4) is 5.75 Å². The molecular formula is C15H14O6. The molecule has 0 saturated carbocycles. The van der Waals surface area contributed by atoms with Crippen LogP contribution >= 0.6 is 0 Å². The van der Waals surface area contributed by atoms with E-state index in [0.717, 1.165) is 10.9 Å². The van der Waals surface area contributed by atoms with E-state index in [4.69, 9.17) is 18.6 Å². The van der Waals surface area contributed by atoms with Gasteiger partial charge in [-0.1, -0.05) is 0 Å². The molecule has 1 fully saturated rings. The zero-order valence-electron chi connectivity index (χ0n) is 11.6. The van der Waals surface area contributed by atoms with Crippen molar-refractivity contribution in [3.05, 3.63) is 40.2 Å². The summed E-state index contributed by atoms with van der Waals surface area (Å²) in [5.41, 5.74) is 0.725. The molecule has 2 atom stereocenters. The highest BCUT2D eigenvalue weighted by Gasteiger charge is 2.45. The maximum absolute atomic E-state index is 11.4. The first-order valence-corrected chi connectivity index (χ1v) is 6.45. The fraction of sp³-hybridized carbons (Fsp3) is 0.333. The van der Waals surface area contributed by atoms with Crippen LogP contribution in [-0.2, 0) is 14.3 Å². The Morgan fingerprint density at radius 1 is 1.33 bits per heavy atom. The first kappa shape index (κ1) is 13.8. The van der Waals surface area contributed by atoms with E-state index in [2.05, 4.69) is 0 Å². The van der Waals surface area contributed by atoms with Crippen molar-refractivity contribution in [2.45, 2.75) is 19.1 Å². The lowest BCUT2D eigenvalue weighted by Gasteiger charge is -2.10. The lowest BCUT2D eigenvalue weighted by molar-refractivity contribution is -0.118. The summed E-state index contributed by atoms with van der Waals surface area (Å²) in [5.74, 6) is 0.449. The van der Waals surface area contributed by atoms with E-state index in [1.165, 1.54) is 20.1 Å². The predicted octanol–water partition coefficient (Wildman–Crippen LogP) is 1.80. The third kappa shape index (κ3) is 2.68. The summed E-state index contributed by atoms with van der Waals surface area (Å²) in [5, 5.41) is 0.743. The van der Waals surface area contributed by atoms with Gasteiger partial charge >= 0.3 is 5.63 Å². The van der Waals surface area contributed by atoms with Gasteiger partial charge < -0.3 is 18.6 Å². The third-order valence-electron chi connectivity index (χ3n) is 3.28. The first-order chi connectivity index (χ1) is 10.1. The molecule has 0 aliphatic carbocycles. The highest BCUT2D eigenvalue weighted by molar-refractivity contribution is 5.85. The summed E-state index contributed by atoms with van der Waals surface area (Å²) in [6.07, 6.45) is -0.770. The molecule has 1 aromatic carbocycles. The number of hydrogen-bond acceptors (Lipinski definition) is 6. The van der Waals surface area contributed by atoms with Gasteiger partial charge in [0.1, 0.15) is 23.5 Å². The molecule has 1 saturated heterocycles. The van der Waals surface area contributed by atoms with Crippen LogP contribution in [0.25, 0.3) is 11.0 Å². The maximum Gasteiger partial charge on any atom is 0.336 e.